The zero-order valence-electron chi connectivity index (χ0n) is 10.1. The van der Waals surface area contributed by atoms with Gasteiger partial charge >= 0.3 is 0 Å². The summed E-state index contributed by atoms with van der Waals surface area (Å²) in [7, 11) is 0. The second-order valence-corrected chi connectivity index (χ2v) is 4.67. The maximum absolute atomic E-state index is 11.7. The Bertz CT molecular complexity index is 396. The first-order valence-electron chi connectivity index (χ1n) is 6.08. The van der Waals surface area contributed by atoms with Crippen LogP contribution in [0.25, 0.3) is 0 Å². The Morgan fingerprint density at radius 2 is 2.29 bits per heavy atom. The highest BCUT2D eigenvalue weighted by molar-refractivity contribution is 5.92. The van der Waals surface area contributed by atoms with Crippen LogP contribution in [0.2, 0.25) is 0 Å². The van der Waals surface area contributed by atoms with E-state index in [0.29, 0.717) is 12.2 Å². The lowest BCUT2D eigenvalue weighted by Gasteiger charge is -2.36. The molecule has 1 amide bonds. The second-order valence-electron chi connectivity index (χ2n) is 4.67. The van der Waals surface area contributed by atoms with Gasteiger partial charge in [-0.05, 0) is 37.3 Å². The van der Waals surface area contributed by atoms with Gasteiger partial charge in [-0.1, -0.05) is 13.0 Å². The fourth-order valence-electron chi connectivity index (χ4n) is 1.86. The predicted octanol–water partition coefficient (Wildman–Crippen LogP) is 1.29. The van der Waals surface area contributed by atoms with Gasteiger partial charge in [0.15, 0.2) is 0 Å². The van der Waals surface area contributed by atoms with Crippen LogP contribution in [0.1, 0.15) is 42.2 Å². The molecule has 4 nitrogen and oxygen atoms in total. The smallest absolute Gasteiger partial charge is 0.269 e. The summed E-state index contributed by atoms with van der Waals surface area (Å²) in [6, 6.07) is 3.62. The molecule has 0 atom stereocenters. The van der Waals surface area contributed by atoms with Gasteiger partial charge < -0.3 is 10.4 Å². The number of aryl methyl sites for hydroxylation is 1. The van der Waals surface area contributed by atoms with Gasteiger partial charge in [0, 0.05) is 12.7 Å². The minimum atomic E-state index is -0.682. The molecule has 1 aromatic rings. The first-order valence-corrected chi connectivity index (χ1v) is 6.08. The molecule has 17 heavy (non-hydrogen) atoms. The first kappa shape index (κ1) is 12.0. The minimum Gasteiger partial charge on any atom is -0.388 e. The normalized spacial score (nSPS) is 17.3. The van der Waals surface area contributed by atoms with Crippen LogP contribution < -0.4 is 5.32 Å². The Morgan fingerprint density at radius 3 is 2.76 bits per heavy atom. The average Bonchev–Trinajstić information content (AvgIpc) is 2.33. The van der Waals surface area contributed by atoms with E-state index >= 15 is 0 Å². The Morgan fingerprint density at radius 1 is 1.53 bits per heavy atom. The molecule has 1 aromatic heterocycles. The van der Waals surface area contributed by atoms with Crippen molar-refractivity contribution in [2.24, 2.45) is 0 Å². The Labute approximate surface area is 101 Å². The van der Waals surface area contributed by atoms with E-state index in [1.165, 1.54) is 0 Å². The third-order valence-corrected chi connectivity index (χ3v) is 3.33. The van der Waals surface area contributed by atoms with Gasteiger partial charge in [-0.15, -0.1) is 0 Å². The second kappa shape index (κ2) is 4.84. The number of amides is 1. The summed E-state index contributed by atoms with van der Waals surface area (Å²) in [6.45, 7) is 2.37. The van der Waals surface area contributed by atoms with Crippen molar-refractivity contribution < 1.29 is 9.90 Å². The van der Waals surface area contributed by atoms with Crippen molar-refractivity contribution in [2.45, 2.75) is 38.2 Å². The summed E-state index contributed by atoms with van der Waals surface area (Å²) in [5.41, 5.74) is 0.836. The van der Waals surface area contributed by atoms with Crippen molar-refractivity contribution in [3.05, 3.63) is 29.6 Å². The van der Waals surface area contributed by atoms with Crippen molar-refractivity contribution in [1.82, 2.24) is 10.3 Å². The highest BCUT2D eigenvalue weighted by atomic mass is 16.3. The number of nitrogens with one attached hydrogen (secondary N) is 1. The molecule has 1 aliphatic rings. The molecule has 1 fully saturated rings. The quantitative estimate of drug-likeness (QED) is 0.825. The van der Waals surface area contributed by atoms with Gasteiger partial charge in [-0.3, -0.25) is 9.78 Å². The van der Waals surface area contributed by atoms with Gasteiger partial charge in [-0.2, -0.15) is 0 Å². The van der Waals surface area contributed by atoms with Gasteiger partial charge in [-0.25, -0.2) is 0 Å². The number of rotatable bonds is 4. The first-order chi connectivity index (χ1) is 8.13. The molecule has 0 radical (unpaired) electrons. The summed E-state index contributed by atoms with van der Waals surface area (Å²) in [4.78, 5) is 15.8. The SMILES string of the molecule is CCc1ccc(C(=O)NCC2(O)CCC2)nc1. The van der Waals surface area contributed by atoms with Crippen molar-refractivity contribution in [2.75, 3.05) is 6.54 Å². The number of hydrogen-bond donors (Lipinski definition) is 2. The van der Waals surface area contributed by atoms with E-state index in [1.54, 1.807) is 12.3 Å². The molecule has 2 rings (SSSR count). The van der Waals surface area contributed by atoms with Crippen LogP contribution in [0.5, 0.6) is 0 Å². The average molecular weight is 234 g/mol. The molecule has 0 aromatic carbocycles. The summed E-state index contributed by atoms with van der Waals surface area (Å²) in [5.74, 6) is -0.215. The molecule has 0 spiro atoms. The van der Waals surface area contributed by atoms with Crippen LogP contribution in [-0.4, -0.2) is 28.1 Å². The van der Waals surface area contributed by atoms with E-state index < -0.39 is 5.60 Å². The van der Waals surface area contributed by atoms with E-state index in [-0.39, 0.29) is 5.91 Å². The van der Waals surface area contributed by atoms with E-state index in [1.807, 2.05) is 13.0 Å². The van der Waals surface area contributed by atoms with Crippen molar-refractivity contribution in [3.8, 4) is 0 Å². The molecule has 1 saturated carbocycles. The van der Waals surface area contributed by atoms with Crippen molar-refractivity contribution in [1.29, 1.82) is 0 Å². The third kappa shape index (κ3) is 2.82. The molecule has 4 heteroatoms. The van der Waals surface area contributed by atoms with E-state index in [2.05, 4.69) is 10.3 Å². The van der Waals surface area contributed by atoms with Gasteiger partial charge in [0.25, 0.3) is 5.91 Å². The zero-order chi connectivity index (χ0) is 12.3. The van der Waals surface area contributed by atoms with E-state index in [9.17, 15) is 9.90 Å². The molecule has 1 heterocycles. The molecule has 0 bridgehead atoms. The van der Waals surface area contributed by atoms with Crippen LogP contribution in [-0.2, 0) is 6.42 Å². The van der Waals surface area contributed by atoms with E-state index in [4.69, 9.17) is 0 Å². The van der Waals surface area contributed by atoms with Crippen LogP contribution in [0, 0.1) is 0 Å². The number of hydrogen-bond acceptors (Lipinski definition) is 3. The lowest BCUT2D eigenvalue weighted by Crippen LogP contribution is -2.47. The summed E-state index contributed by atoms with van der Waals surface area (Å²) >= 11 is 0. The lowest BCUT2D eigenvalue weighted by molar-refractivity contribution is -0.0300. The molecular formula is C13H18N2O2. The fourth-order valence-corrected chi connectivity index (χ4v) is 1.86. The molecular weight excluding hydrogens is 216 g/mol. The predicted molar refractivity (Wildman–Crippen MR) is 64.7 cm³/mol. The van der Waals surface area contributed by atoms with Crippen LogP contribution >= 0.6 is 0 Å². The van der Waals surface area contributed by atoms with Gasteiger partial charge in [0.2, 0.25) is 0 Å². The molecule has 0 aliphatic heterocycles. The van der Waals surface area contributed by atoms with Crippen molar-refractivity contribution in [3.63, 3.8) is 0 Å². The minimum absolute atomic E-state index is 0.215. The third-order valence-electron chi connectivity index (χ3n) is 3.33. The molecule has 1 aliphatic carbocycles. The summed E-state index contributed by atoms with van der Waals surface area (Å²) < 4.78 is 0. The number of carbonyl (C=O) groups excluding carboxylic acids is 1. The number of nitrogens with zero attached hydrogens (tertiary/aromatic N) is 1. The van der Waals surface area contributed by atoms with Crippen LogP contribution in [0.4, 0.5) is 0 Å². The standard InChI is InChI=1S/C13H18N2O2/c1-2-10-4-5-11(14-8-10)12(16)15-9-13(17)6-3-7-13/h4-5,8,17H,2-3,6-7,9H2,1H3,(H,15,16). The van der Waals surface area contributed by atoms with Gasteiger partial charge in [0.05, 0.1) is 5.60 Å². The highest BCUT2D eigenvalue weighted by Gasteiger charge is 2.34. The Hall–Kier alpha value is -1.42. The largest absolute Gasteiger partial charge is 0.388 e. The fraction of sp³-hybridized carbons (Fsp3) is 0.538. The summed E-state index contributed by atoms with van der Waals surface area (Å²) in [5, 5.41) is 12.6. The molecule has 2 N–H and O–H groups in total. The van der Waals surface area contributed by atoms with Crippen molar-refractivity contribution >= 4 is 5.91 Å². The number of aromatic nitrogens is 1. The van der Waals surface area contributed by atoms with Crippen LogP contribution in [0.15, 0.2) is 18.3 Å². The zero-order valence-corrected chi connectivity index (χ0v) is 10.1. The summed E-state index contributed by atoms with van der Waals surface area (Å²) in [6.07, 6.45) is 5.21. The maximum atomic E-state index is 11.7. The maximum Gasteiger partial charge on any atom is 0.269 e. The lowest BCUT2D eigenvalue weighted by atomic mass is 9.80. The highest BCUT2D eigenvalue weighted by Crippen LogP contribution is 2.30. The Balaban J connectivity index is 1.90. The molecule has 92 valence electrons. The number of carbonyl (C=O) groups is 1. The van der Waals surface area contributed by atoms with Crippen LogP contribution in [0.3, 0.4) is 0 Å². The molecule has 0 unspecified atom stereocenters. The van der Waals surface area contributed by atoms with E-state index in [0.717, 1.165) is 31.2 Å². The topological polar surface area (TPSA) is 62.2 Å². The number of pyridine rings is 1. The molecule has 0 saturated heterocycles. The monoisotopic (exact) mass is 234 g/mol. The Kier molecular flexibility index (Phi) is 3.43. The number of aliphatic hydroxyl groups is 1. The van der Waals surface area contributed by atoms with Gasteiger partial charge in [0.1, 0.15) is 5.69 Å².